The average molecular weight is 479 g/mol. The average Bonchev–Trinajstić information content (AvgIpc) is 3.26. The van der Waals surface area contributed by atoms with Gasteiger partial charge in [0.15, 0.2) is 0 Å². The number of aromatic nitrogens is 1. The number of methoxy groups -OCH3 is 1. The van der Waals surface area contributed by atoms with Gasteiger partial charge in [0.25, 0.3) is 0 Å². The lowest BCUT2D eigenvalue weighted by atomic mass is 10.0. The van der Waals surface area contributed by atoms with Crippen molar-refractivity contribution in [2.24, 2.45) is 5.73 Å². The monoisotopic (exact) mass is 478 g/mol. The molecule has 6 nitrogen and oxygen atoms in total. The molecule has 8 heteroatoms. The fraction of sp³-hybridized carbons (Fsp3) is 0.200. The number of nitrogen functional groups attached to an aromatic ring is 1. The standard InChI is InChI=1S/C25H26N4O2S2/c1-30-12-13-31-19-10-11-21-23(16-19)32-25(28-21)22(29-33-20-8-3-2-4-9-20)15-17-6-5-7-18(14-17)24(26)27/h2-11,14,16,22,29H,12-13,15H2,1H3,(H3,26,27). The van der Waals surface area contributed by atoms with E-state index < -0.39 is 0 Å². The van der Waals surface area contributed by atoms with Crippen LogP contribution in [0.3, 0.4) is 0 Å². The summed E-state index contributed by atoms with van der Waals surface area (Å²) >= 11 is 3.25. The number of nitrogens with two attached hydrogens (primary N) is 1. The molecule has 0 aliphatic heterocycles. The van der Waals surface area contributed by atoms with Crippen molar-refractivity contribution in [3.63, 3.8) is 0 Å². The number of nitrogens with zero attached hydrogens (tertiary/aromatic N) is 1. The molecule has 1 atom stereocenters. The molecule has 0 amide bonds. The van der Waals surface area contributed by atoms with Gasteiger partial charge in [0.2, 0.25) is 0 Å². The van der Waals surface area contributed by atoms with Gasteiger partial charge in [0.05, 0.1) is 22.9 Å². The lowest BCUT2D eigenvalue weighted by molar-refractivity contribution is 0.146. The maximum absolute atomic E-state index is 7.75. The third kappa shape index (κ3) is 6.33. The van der Waals surface area contributed by atoms with Gasteiger partial charge in [-0.05, 0) is 60.3 Å². The van der Waals surface area contributed by atoms with E-state index in [0.29, 0.717) is 13.2 Å². The normalized spacial score (nSPS) is 12.0. The molecule has 1 heterocycles. The number of hydrogen-bond acceptors (Lipinski definition) is 7. The minimum atomic E-state index is -0.0207. The molecule has 3 aromatic carbocycles. The fourth-order valence-electron chi connectivity index (χ4n) is 3.31. The first kappa shape index (κ1) is 23.3. The molecule has 0 bridgehead atoms. The molecular weight excluding hydrogens is 452 g/mol. The number of nitrogens with one attached hydrogen (secondary N) is 2. The summed E-state index contributed by atoms with van der Waals surface area (Å²) in [6.45, 7) is 1.06. The van der Waals surface area contributed by atoms with E-state index in [2.05, 4.69) is 22.9 Å². The number of amidine groups is 1. The molecule has 0 fully saturated rings. The van der Waals surface area contributed by atoms with Gasteiger partial charge in [-0.15, -0.1) is 11.3 Å². The van der Waals surface area contributed by atoms with E-state index in [9.17, 15) is 0 Å². The third-order valence-corrected chi connectivity index (χ3v) is 7.01. The zero-order chi connectivity index (χ0) is 23.0. The van der Waals surface area contributed by atoms with Crippen LogP contribution in [-0.4, -0.2) is 31.1 Å². The first-order valence-electron chi connectivity index (χ1n) is 10.6. The Kier molecular flexibility index (Phi) is 7.96. The Morgan fingerprint density at radius 2 is 1.94 bits per heavy atom. The van der Waals surface area contributed by atoms with Crippen LogP contribution in [0.1, 0.15) is 22.2 Å². The molecule has 0 aliphatic rings. The Labute approximate surface area is 201 Å². The molecule has 4 aromatic rings. The lowest BCUT2D eigenvalue weighted by Gasteiger charge is -2.16. The number of rotatable bonds is 11. The van der Waals surface area contributed by atoms with Gasteiger partial charge in [0, 0.05) is 17.6 Å². The maximum atomic E-state index is 7.75. The zero-order valence-electron chi connectivity index (χ0n) is 18.3. The second-order valence-corrected chi connectivity index (χ2v) is 9.40. The molecule has 0 aliphatic carbocycles. The van der Waals surface area contributed by atoms with E-state index in [1.807, 2.05) is 54.6 Å². The van der Waals surface area contributed by atoms with Crippen LogP contribution in [0.2, 0.25) is 0 Å². The van der Waals surface area contributed by atoms with Gasteiger partial charge in [-0.3, -0.25) is 5.41 Å². The molecule has 4 N–H and O–H groups in total. The minimum absolute atomic E-state index is 0.0207. The summed E-state index contributed by atoms with van der Waals surface area (Å²) in [6.07, 6.45) is 0.720. The second kappa shape index (κ2) is 11.3. The summed E-state index contributed by atoms with van der Waals surface area (Å²) in [5.41, 5.74) is 8.47. The molecule has 1 aromatic heterocycles. The predicted octanol–water partition coefficient (Wildman–Crippen LogP) is 5.19. The predicted molar refractivity (Wildman–Crippen MR) is 136 cm³/mol. The largest absolute Gasteiger partial charge is 0.491 e. The van der Waals surface area contributed by atoms with Crippen LogP contribution in [-0.2, 0) is 11.2 Å². The fourth-order valence-corrected chi connectivity index (χ4v) is 5.20. The quantitative estimate of drug-likeness (QED) is 0.119. The highest BCUT2D eigenvalue weighted by Gasteiger charge is 2.18. The molecule has 170 valence electrons. The summed E-state index contributed by atoms with van der Waals surface area (Å²) in [4.78, 5) is 6.05. The van der Waals surface area contributed by atoms with Crippen molar-refractivity contribution in [3.8, 4) is 5.75 Å². The molecule has 0 saturated heterocycles. The molecular formula is C25H26N4O2S2. The van der Waals surface area contributed by atoms with E-state index in [-0.39, 0.29) is 11.9 Å². The molecule has 0 saturated carbocycles. The van der Waals surface area contributed by atoms with Crippen molar-refractivity contribution in [1.82, 2.24) is 9.71 Å². The number of fused-ring (bicyclic) bond motifs is 1. The summed E-state index contributed by atoms with van der Waals surface area (Å²) < 4.78 is 15.5. The smallest absolute Gasteiger partial charge is 0.122 e. The Hall–Kier alpha value is -2.91. The second-order valence-electron chi connectivity index (χ2n) is 7.43. The minimum Gasteiger partial charge on any atom is -0.491 e. The van der Waals surface area contributed by atoms with Gasteiger partial charge in [-0.2, -0.15) is 0 Å². The van der Waals surface area contributed by atoms with E-state index in [4.69, 9.17) is 25.6 Å². The first-order valence-corrected chi connectivity index (χ1v) is 12.2. The third-order valence-electron chi connectivity index (χ3n) is 4.97. The van der Waals surface area contributed by atoms with Crippen molar-refractivity contribution >= 4 is 39.3 Å². The number of benzene rings is 3. The Balaban J connectivity index is 1.59. The topological polar surface area (TPSA) is 93.2 Å². The van der Waals surface area contributed by atoms with Crippen LogP contribution < -0.4 is 15.2 Å². The van der Waals surface area contributed by atoms with E-state index in [0.717, 1.165) is 43.4 Å². The van der Waals surface area contributed by atoms with Crippen LogP contribution in [0.15, 0.2) is 77.7 Å². The molecule has 4 rings (SSSR count). The van der Waals surface area contributed by atoms with Crippen molar-refractivity contribution in [1.29, 1.82) is 5.41 Å². The summed E-state index contributed by atoms with van der Waals surface area (Å²) in [5.74, 6) is 0.882. The van der Waals surface area contributed by atoms with Gasteiger partial charge >= 0.3 is 0 Å². The Morgan fingerprint density at radius 3 is 2.73 bits per heavy atom. The lowest BCUT2D eigenvalue weighted by Crippen LogP contribution is -2.17. The number of hydrogen-bond donors (Lipinski definition) is 3. The van der Waals surface area contributed by atoms with Gasteiger partial charge < -0.3 is 15.2 Å². The van der Waals surface area contributed by atoms with Gasteiger partial charge in [-0.25, -0.2) is 9.71 Å². The highest BCUT2D eigenvalue weighted by molar-refractivity contribution is 7.97. The van der Waals surface area contributed by atoms with Crippen molar-refractivity contribution in [2.75, 3.05) is 20.3 Å². The van der Waals surface area contributed by atoms with Crippen LogP contribution >= 0.6 is 23.3 Å². The highest BCUT2D eigenvalue weighted by atomic mass is 32.2. The van der Waals surface area contributed by atoms with Crippen LogP contribution in [0.25, 0.3) is 10.2 Å². The molecule has 33 heavy (non-hydrogen) atoms. The zero-order valence-corrected chi connectivity index (χ0v) is 19.9. The van der Waals surface area contributed by atoms with E-state index in [1.165, 1.54) is 0 Å². The van der Waals surface area contributed by atoms with Gasteiger partial charge in [-0.1, -0.05) is 36.4 Å². The summed E-state index contributed by atoms with van der Waals surface area (Å²) in [7, 11) is 1.66. The van der Waals surface area contributed by atoms with Crippen LogP contribution in [0.5, 0.6) is 5.75 Å². The maximum Gasteiger partial charge on any atom is 0.122 e. The molecule has 0 radical (unpaired) electrons. The van der Waals surface area contributed by atoms with Gasteiger partial charge in [0.1, 0.15) is 23.2 Å². The summed E-state index contributed by atoms with van der Waals surface area (Å²) in [6, 6.07) is 24.0. The Bertz CT molecular complexity index is 1210. The number of ether oxygens (including phenoxy) is 2. The van der Waals surface area contributed by atoms with Crippen LogP contribution in [0, 0.1) is 5.41 Å². The van der Waals surface area contributed by atoms with Crippen molar-refractivity contribution in [3.05, 3.63) is 88.9 Å². The van der Waals surface area contributed by atoms with Crippen LogP contribution in [0.4, 0.5) is 0 Å². The Morgan fingerprint density at radius 1 is 1.09 bits per heavy atom. The highest BCUT2D eigenvalue weighted by Crippen LogP contribution is 2.33. The molecule has 1 unspecified atom stereocenters. The number of thiazole rings is 1. The summed E-state index contributed by atoms with van der Waals surface area (Å²) in [5, 5.41) is 8.75. The first-order chi connectivity index (χ1) is 16.1. The molecule has 0 spiro atoms. The van der Waals surface area contributed by atoms with Crippen molar-refractivity contribution in [2.45, 2.75) is 17.4 Å². The van der Waals surface area contributed by atoms with E-state index >= 15 is 0 Å². The SMILES string of the molecule is COCCOc1ccc2nc(C(Cc3cccc(C(=N)N)c3)NSc3ccccc3)sc2c1. The van der Waals surface area contributed by atoms with Crippen molar-refractivity contribution < 1.29 is 9.47 Å². The van der Waals surface area contributed by atoms with E-state index in [1.54, 1.807) is 30.4 Å².